The molecule has 142 valence electrons. The second kappa shape index (κ2) is 7.46. The van der Waals surface area contributed by atoms with Crippen LogP contribution in [0, 0.1) is 0 Å². The van der Waals surface area contributed by atoms with E-state index in [-0.39, 0.29) is 22.7 Å². The lowest BCUT2D eigenvalue weighted by atomic mass is 10.1. The van der Waals surface area contributed by atoms with E-state index in [0.717, 1.165) is 25.9 Å². The molecule has 1 aromatic carbocycles. The maximum absolute atomic E-state index is 12.9. The molecule has 0 aliphatic carbocycles. The van der Waals surface area contributed by atoms with Crippen molar-refractivity contribution >= 4 is 38.5 Å². The number of rotatable bonds is 5. The number of nitrogens with one attached hydrogen (secondary N) is 2. The second-order valence-corrected chi connectivity index (χ2v) is 8.80. The minimum Gasteiger partial charge on any atom is -0.365 e. The normalized spacial score (nSPS) is 17.9. The van der Waals surface area contributed by atoms with Crippen molar-refractivity contribution < 1.29 is 8.42 Å². The van der Waals surface area contributed by atoms with Gasteiger partial charge in [-0.2, -0.15) is 4.98 Å². The Kier molecular flexibility index (Phi) is 5.03. The van der Waals surface area contributed by atoms with E-state index in [4.69, 9.17) is 11.6 Å². The zero-order valence-electron chi connectivity index (χ0n) is 14.6. The Bertz CT molecular complexity index is 1050. The summed E-state index contributed by atoms with van der Waals surface area (Å²) in [6.45, 7) is 1.84. The van der Waals surface area contributed by atoms with Crippen LogP contribution in [0.5, 0.6) is 0 Å². The van der Waals surface area contributed by atoms with Gasteiger partial charge in [0.15, 0.2) is 5.65 Å². The van der Waals surface area contributed by atoms with Gasteiger partial charge < -0.3 is 10.6 Å². The number of anilines is 1. The fraction of sp³-hybridized carbons (Fsp3) is 0.333. The van der Waals surface area contributed by atoms with Gasteiger partial charge in [0.1, 0.15) is 5.82 Å². The smallest absolute Gasteiger partial charge is 0.244 e. The third kappa shape index (κ3) is 3.92. The summed E-state index contributed by atoms with van der Waals surface area (Å²) in [7, 11) is -3.64. The molecule has 9 heteroatoms. The van der Waals surface area contributed by atoms with Gasteiger partial charge in [0.25, 0.3) is 0 Å². The van der Waals surface area contributed by atoms with Crippen LogP contribution in [0.2, 0.25) is 5.28 Å². The van der Waals surface area contributed by atoms with Gasteiger partial charge in [0.05, 0.1) is 11.1 Å². The molecule has 7 nitrogen and oxygen atoms in total. The molecule has 3 aromatic rings. The fourth-order valence-corrected chi connectivity index (χ4v) is 4.89. The Balaban J connectivity index is 1.70. The highest BCUT2D eigenvalue weighted by molar-refractivity contribution is 7.89. The third-order valence-corrected chi connectivity index (χ3v) is 6.37. The maximum Gasteiger partial charge on any atom is 0.244 e. The van der Waals surface area contributed by atoms with E-state index in [1.807, 2.05) is 18.2 Å². The molecule has 2 aromatic heterocycles. The first-order valence-corrected chi connectivity index (χ1v) is 10.8. The SMILES string of the molecule is O=S(=O)(Cc1ccccc1)n1ccc2c(NC3CCCNC3)nc(Cl)nc21. The molecule has 1 aliphatic heterocycles. The first kappa shape index (κ1) is 18.2. The van der Waals surface area contributed by atoms with E-state index < -0.39 is 10.0 Å². The highest BCUT2D eigenvalue weighted by Crippen LogP contribution is 2.26. The molecular formula is C18H20ClN5O2S. The van der Waals surface area contributed by atoms with Crippen molar-refractivity contribution in [2.75, 3.05) is 18.4 Å². The van der Waals surface area contributed by atoms with Gasteiger partial charge >= 0.3 is 0 Å². The van der Waals surface area contributed by atoms with Gasteiger partial charge in [-0.05, 0) is 42.6 Å². The quantitative estimate of drug-likeness (QED) is 0.634. The van der Waals surface area contributed by atoms with Crippen molar-refractivity contribution in [2.45, 2.75) is 24.6 Å². The molecule has 0 saturated carbocycles. The van der Waals surface area contributed by atoms with E-state index in [9.17, 15) is 8.42 Å². The summed E-state index contributed by atoms with van der Waals surface area (Å²) in [5.41, 5.74) is 1.00. The minimum absolute atomic E-state index is 0.0172. The molecule has 0 radical (unpaired) electrons. The van der Waals surface area contributed by atoms with Gasteiger partial charge in [-0.15, -0.1) is 0 Å². The van der Waals surface area contributed by atoms with E-state index >= 15 is 0 Å². The molecule has 1 unspecified atom stereocenters. The highest BCUT2D eigenvalue weighted by atomic mass is 35.5. The van der Waals surface area contributed by atoms with E-state index in [2.05, 4.69) is 20.6 Å². The molecule has 0 amide bonds. The molecule has 1 saturated heterocycles. The van der Waals surface area contributed by atoms with E-state index in [1.54, 1.807) is 18.2 Å². The van der Waals surface area contributed by atoms with Gasteiger partial charge in [0.2, 0.25) is 15.3 Å². The van der Waals surface area contributed by atoms with E-state index in [1.165, 1.54) is 10.2 Å². The van der Waals surface area contributed by atoms with Gasteiger partial charge in [-0.1, -0.05) is 30.3 Å². The number of nitrogens with zero attached hydrogens (tertiary/aromatic N) is 3. The summed E-state index contributed by atoms with van der Waals surface area (Å²) in [4.78, 5) is 8.46. The number of fused-ring (bicyclic) bond motifs is 1. The predicted molar refractivity (Wildman–Crippen MR) is 107 cm³/mol. The molecular weight excluding hydrogens is 386 g/mol. The molecule has 3 heterocycles. The van der Waals surface area contributed by atoms with Crippen LogP contribution in [-0.4, -0.2) is 41.5 Å². The first-order chi connectivity index (χ1) is 13.0. The monoisotopic (exact) mass is 405 g/mol. The number of benzene rings is 1. The van der Waals surface area contributed by atoms with Crippen LogP contribution in [0.1, 0.15) is 18.4 Å². The molecule has 1 fully saturated rings. The lowest BCUT2D eigenvalue weighted by molar-refractivity contribution is 0.479. The predicted octanol–water partition coefficient (Wildman–Crippen LogP) is 2.63. The lowest BCUT2D eigenvalue weighted by Gasteiger charge is -2.24. The standard InChI is InChI=1S/C18H20ClN5O2S/c19-18-22-16(21-14-7-4-9-20-11-14)15-8-10-24(17(15)23-18)27(25,26)12-13-5-2-1-3-6-13/h1-3,5-6,8,10,14,20H,4,7,9,11-12H2,(H,21,22,23). The van der Waals surface area contributed by atoms with Crippen LogP contribution in [0.15, 0.2) is 42.6 Å². The van der Waals surface area contributed by atoms with Crippen molar-refractivity contribution in [2.24, 2.45) is 0 Å². The van der Waals surface area contributed by atoms with Crippen molar-refractivity contribution in [3.8, 4) is 0 Å². The maximum atomic E-state index is 12.9. The van der Waals surface area contributed by atoms with Gasteiger partial charge in [-0.3, -0.25) is 0 Å². The van der Waals surface area contributed by atoms with Gasteiger partial charge in [0, 0.05) is 18.8 Å². The molecule has 4 rings (SSSR count). The van der Waals surface area contributed by atoms with Crippen molar-refractivity contribution in [3.63, 3.8) is 0 Å². The van der Waals surface area contributed by atoms with Crippen LogP contribution in [-0.2, 0) is 15.8 Å². The summed E-state index contributed by atoms with van der Waals surface area (Å²) < 4.78 is 27.0. The zero-order valence-corrected chi connectivity index (χ0v) is 16.2. The van der Waals surface area contributed by atoms with Crippen LogP contribution < -0.4 is 10.6 Å². The second-order valence-electron chi connectivity index (χ2n) is 6.62. The Morgan fingerprint density at radius 2 is 2.04 bits per heavy atom. The number of piperidine rings is 1. The Hall–Kier alpha value is -2.16. The zero-order chi connectivity index (χ0) is 18.9. The van der Waals surface area contributed by atoms with Crippen molar-refractivity contribution in [1.29, 1.82) is 0 Å². The lowest BCUT2D eigenvalue weighted by Crippen LogP contribution is -2.38. The summed E-state index contributed by atoms with van der Waals surface area (Å²) >= 11 is 6.09. The third-order valence-electron chi connectivity index (χ3n) is 4.61. The Morgan fingerprint density at radius 3 is 2.78 bits per heavy atom. The number of halogens is 1. The average molecular weight is 406 g/mol. The van der Waals surface area contributed by atoms with Crippen LogP contribution in [0.4, 0.5) is 5.82 Å². The number of hydrogen-bond acceptors (Lipinski definition) is 6. The average Bonchev–Trinajstić information content (AvgIpc) is 3.08. The topological polar surface area (TPSA) is 88.9 Å². The van der Waals surface area contributed by atoms with Crippen molar-refractivity contribution in [3.05, 3.63) is 53.4 Å². The Labute approximate surface area is 162 Å². The largest absolute Gasteiger partial charge is 0.365 e. The van der Waals surface area contributed by atoms with E-state index in [0.29, 0.717) is 16.8 Å². The summed E-state index contributed by atoms with van der Waals surface area (Å²) in [6.07, 6.45) is 3.60. The number of hydrogen-bond donors (Lipinski definition) is 2. The van der Waals surface area contributed by atoms with Gasteiger partial charge in [-0.25, -0.2) is 17.4 Å². The summed E-state index contributed by atoms with van der Waals surface area (Å²) in [6, 6.07) is 11.0. The highest BCUT2D eigenvalue weighted by Gasteiger charge is 2.22. The van der Waals surface area contributed by atoms with Crippen LogP contribution in [0.25, 0.3) is 11.0 Å². The summed E-state index contributed by atoms with van der Waals surface area (Å²) in [5.74, 6) is 0.446. The van der Waals surface area contributed by atoms with Crippen LogP contribution >= 0.6 is 11.6 Å². The first-order valence-electron chi connectivity index (χ1n) is 8.82. The van der Waals surface area contributed by atoms with Crippen molar-refractivity contribution in [1.82, 2.24) is 19.3 Å². The molecule has 27 heavy (non-hydrogen) atoms. The van der Waals surface area contributed by atoms with Crippen LogP contribution in [0.3, 0.4) is 0 Å². The number of aromatic nitrogens is 3. The summed E-state index contributed by atoms with van der Waals surface area (Å²) in [5, 5.41) is 7.37. The Morgan fingerprint density at radius 1 is 1.22 bits per heavy atom. The fourth-order valence-electron chi connectivity index (χ4n) is 3.32. The molecule has 0 bridgehead atoms. The molecule has 2 N–H and O–H groups in total. The molecule has 0 spiro atoms. The molecule has 1 aliphatic rings. The minimum atomic E-state index is -3.64. The molecule has 1 atom stereocenters.